The number of ether oxygens (including phenoxy) is 1. The molecule has 272 valence electrons. The lowest BCUT2D eigenvalue weighted by Crippen LogP contribution is -2.46. The number of rotatable bonds is 10. The van der Waals surface area contributed by atoms with Crippen LogP contribution >= 0.6 is 0 Å². The van der Waals surface area contributed by atoms with E-state index in [-0.39, 0.29) is 45.4 Å². The van der Waals surface area contributed by atoms with E-state index in [0.717, 1.165) is 50.9 Å². The second kappa shape index (κ2) is 15.6. The number of nitrogens with zero attached hydrogens (tertiary/aromatic N) is 3. The van der Waals surface area contributed by atoms with Gasteiger partial charge in [0.1, 0.15) is 5.75 Å². The van der Waals surface area contributed by atoms with Crippen LogP contribution in [0.1, 0.15) is 78.5 Å². The summed E-state index contributed by atoms with van der Waals surface area (Å²) in [5, 5.41) is 2.52. The Kier molecular flexibility index (Phi) is 11.2. The Bertz CT molecular complexity index is 1800. The SMILES string of the molecule is CCCOc1ccc2c(C(=O)N[C@H](c3ccccc3)C(F)(F)F)c(CN3CCC(N4CCCCC4)CC3)c(-c3cccc(C(F)(F)F)c3)nc2c1. The van der Waals surface area contributed by atoms with Crippen molar-refractivity contribution in [2.75, 3.05) is 32.8 Å². The molecule has 2 aliphatic heterocycles. The van der Waals surface area contributed by atoms with Crippen LogP contribution in [0.15, 0.2) is 72.8 Å². The zero-order valence-corrected chi connectivity index (χ0v) is 28.5. The Morgan fingerprint density at radius 1 is 0.902 bits per heavy atom. The van der Waals surface area contributed by atoms with E-state index in [4.69, 9.17) is 9.72 Å². The third-order valence-corrected chi connectivity index (χ3v) is 9.80. The molecule has 1 N–H and O–H groups in total. The van der Waals surface area contributed by atoms with Crippen LogP contribution < -0.4 is 10.1 Å². The molecule has 0 radical (unpaired) electrons. The molecule has 51 heavy (non-hydrogen) atoms. The van der Waals surface area contributed by atoms with Crippen molar-refractivity contribution in [3.63, 3.8) is 0 Å². The molecule has 0 spiro atoms. The number of nitrogens with one attached hydrogen (secondary N) is 1. The summed E-state index contributed by atoms with van der Waals surface area (Å²) < 4.78 is 91.4. The first-order valence-corrected chi connectivity index (χ1v) is 17.6. The number of carbonyl (C=O) groups excluding carboxylic acids is 1. The first-order valence-electron chi connectivity index (χ1n) is 17.6. The average molecular weight is 713 g/mol. The van der Waals surface area contributed by atoms with Gasteiger partial charge in [0.05, 0.1) is 28.9 Å². The molecule has 0 aliphatic carbocycles. The maximum atomic E-state index is 14.6. The summed E-state index contributed by atoms with van der Waals surface area (Å²) in [5.74, 6) is -0.578. The summed E-state index contributed by atoms with van der Waals surface area (Å²) in [6.45, 7) is 5.83. The van der Waals surface area contributed by atoms with Crippen LogP contribution in [0.4, 0.5) is 26.3 Å². The molecular weight excluding hydrogens is 670 g/mol. The van der Waals surface area contributed by atoms with Gasteiger partial charge >= 0.3 is 12.4 Å². The van der Waals surface area contributed by atoms with Gasteiger partial charge in [-0.15, -0.1) is 0 Å². The van der Waals surface area contributed by atoms with Crippen LogP contribution in [0.5, 0.6) is 5.75 Å². The first kappa shape index (κ1) is 36.6. The second-order valence-corrected chi connectivity index (χ2v) is 13.4. The minimum absolute atomic E-state index is 0.0576. The van der Waals surface area contributed by atoms with E-state index in [0.29, 0.717) is 37.9 Å². The van der Waals surface area contributed by atoms with Gasteiger partial charge in [-0.3, -0.25) is 9.69 Å². The fourth-order valence-corrected chi connectivity index (χ4v) is 7.24. The van der Waals surface area contributed by atoms with Gasteiger partial charge < -0.3 is 15.0 Å². The number of halogens is 6. The number of carbonyl (C=O) groups is 1. The number of fused-ring (bicyclic) bond motifs is 1. The van der Waals surface area contributed by atoms with Crippen molar-refractivity contribution in [1.82, 2.24) is 20.1 Å². The number of hydrogen-bond donors (Lipinski definition) is 1. The number of amides is 1. The van der Waals surface area contributed by atoms with E-state index in [1.807, 2.05) is 6.92 Å². The summed E-state index contributed by atoms with van der Waals surface area (Å²) in [5.41, 5.74) is -0.405. The highest BCUT2D eigenvalue weighted by atomic mass is 19.4. The van der Waals surface area contributed by atoms with Gasteiger partial charge in [0.15, 0.2) is 6.04 Å². The number of alkyl halides is 6. The Morgan fingerprint density at radius 2 is 1.63 bits per heavy atom. The summed E-state index contributed by atoms with van der Waals surface area (Å²) in [6, 6.07) is 14.7. The van der Waals surface area contributed by atoms with Crippen LogP contribution in [0.3, 0.4) is 0 Å². The molecule has 2 fully saturated rings. The van der Waals surface area contributed by atoms with Gasteiger partial charge in [-0.1, -0.05) is 55.8 Å². The average Bonchev–Trinajstić information content (AvgIpc) is 3.12. The van der Waals surface area contributed by atoms with Crippen molar-refractivity contribution in [3.8, 4) is 17.0 Å². The van der Waals surface area contributed by atoms with Gasteiger partial charge in [-0.2, -0.15) is 26.3 Å². The predicted molar refractivity (Wildman–Crippen MR) is 184 cm³/mol. The van der Waals surface area contributed by atoms with Crippen LogP contribution in [0.2, 0.25) is 0 Å². The quantitative estimate of drug-likeness (QED) is 0.166. The Hall–Kier alpha value is -4.16. The predicted octanol–water partition coefficient (Wildman–Crippen LogP) is 9.19. The van der Waals surface area contributed by atoms with E-state index in [9.17, 15) is 31.1 Å². The lowest BCUT2D eigenvalue weighted by Gasteiger charge is -2.40. The first-order chi connectivity index (χ1) is 24.4. The lowest BCUT2D eigenvalue weighted by molar-refractivity contribution is -0.155. The van der Waals surface area contributed by atoms with Crippen molar-refractivity contribution in [2.45, 2.75) is 76.4 Å². The zero-order valence-electron chi connectivity index (χ0n) is 28.5. The molecule has 12 heteroatoms. The minimum Gasteiger partial charge on any atom is -0.494 e. The van der Waals surface area contributed by atoms with Gasteiger partial charge in [0, 0.05) is 35.2 Å². The van der Waals surface area contributed by atoms with Gasteiger partial charge in [-0.05, 0) is 88.1 Å². The fourth-order valence-electron chi connectivity index (χ4n) is 7.24. The number of hydrogen-bond acceptors (Lipinski definition) is 5. The molecule has 4 aromatic rings. The molecule has 1 atom stereocenters. The summed E-state index contributed by atoms with van der Waals surface area (Å²) in [7, 11) is 0. The smallest absolute Gasteiger partial charge is 0.416 e. The van der Waals surface area contributed by atoms with Crippen molar-refractivity contribution < 1.29 is 35.9 Å². The summed E-state index contributed by atoms with van der Waals surface area (Å²) in [4.78, 5) is 23.9. The number of aromatic nitrogens is 1. The largest absolute Gasteiger partial charge is 0.494 e. The molecule has 6 rings (SSSR count). The third kappa shape index (κ3) is 8.66. The van der Waals surface area contributed by atoms with Crippen molar-refractivity contribution in [3.05, 3.63) is 95.1 Å². The minimum atomic E-state index is -4.83. The van der Waals surface area contributed by atoms with Crippen LogP contribution in [-0.4, -0.2) is 65.7 Å². The molecule has 1 amide bonds. The van der Waals surface area contributed by atoms with E-state index in [1.54, 1.807) is 24.3 Å². The highest BCUT2D eigenvalue weighted by Gasteiger charge is 2.42. The topological polar surface area (TPSA) is 57.7 Å². The lowest BCUT2D eigenvalue weighted by atomic mass is 9.93. The Balaban J connectivity index is 1.48. The molecule has 0 bridgehead atoms. The van der Waals surface area contributed by atoms with Crippen LogP contribution in [-0.2, 0) is 12.7 Å². The van der Waals surface area contributed by atoms with Gasteiger partial charge in [-0.25, -0.2) is 4.98 Å². The van der Waals surface area contributed by atoms with Gasteiger partial charge in [0.2, 0.25) is 0 Å². The normalized spacial score (nSPS) is 17.4. The van der Waals surface area contributed by atoms with E-state index in [1.165, 1.54) is 42.8 Å². The van der Waals surface area contributed by atoms with Crippen molar-refractivity contribution >= 4 is 16.8 Å². The molecule has 2 aliphatic rings. The maximum Gasteiger partial charge on any atom is 0.416 e. The summed E-state index contributed by atoms with van der Waals surface area (Å²) >= 11 is 0. The van der Waals surface area contributed by atoms with Gasteiger partial charge in [0.25, 0.3) is 5.91 Å². The molecule has 6 nitrogen and oxygen atoms in total. The second-order valence-electron chi connectivity index (χ2n) is 13.4. The molecule has 1 aromatic heterocycles. The molecule has 0 saturated carbocycles. The zero-order chi connectivity index (χ0) is 36.2. The molecule has 2 saturated heterocycles. The van der Waals surface area contributed by atoms with Crippen LogP contribution in [0, 0.1) is 0 Å². The monoisotopic (exact) mass is 712 g/mol. The number of pyridine rings is 1. The van der Waals surface area contributed by atoms with Crippen molar-refractivity contribution in [2.24, 2.45) is 0 Å². The number of likely N-dealkylation sites (tertiary alicyclic amines) is 2. The summed E-state index contributed by atoms with van der Waals surface area (Å²) in [6.07, 6.45) is -3.50. The van der Waals surface area contributed by atoms with E-state index in [2.05, 4.69) is 15.1 Å². The molecular formula is C39H42F6N4O2. The molecule has 0 unspecified atom stereocenters. The number of benzene rings is 3. The molecule has 3 heterocycles. The standard InChI is InChI=1S/C39H42F6N4O2/c1-2-22-51-30-14-15-31-33(24-30)46-35(27-12-9-13-28(23-27)38(40,41)42)32(25-48-20-16-29(17-21-48)49-18-7-4-8-19-49)34(31)37(50)47-36(39(43,44)45)26-10-5-3-6-11-26/h3,5-6,9-15,23-24,29,36H,2,4,7-8,16-22,25H2,1H3,(H,47,50)/t36-/m1/s1. The van der Waals surface area contributed by atoms with E-state index < -0.39 is 29.9 Å². The molecule has 3 aromatic carbocycles. The van der Waals surface area contributed by atoms with E-state index >= 15 is 0 Å². The maximum absolute atomic E-state index is 14.6. The van der Waals surface area contributed by atoms with Crippen LogP contribution in [0.25, 0.3) is 22.2 Å². The highest BCUT2D eigenvalue weighted by molar-refractivity contribution is 6.09. The Labute approximate surface area is 293 Å². The highest BCUT2D eigenvalue weighted by Crippen LogP contribution is 2.38. The fraction of sp³-hybridized carbons (Fsp3) is 0.436. The van der Waals surface area contributed by atoms with Crippen molar-refractivity contribution in [1.29, 1.82) is 0 Å². The third-order valence-electron chi connectivity index (χ3n) is 9.80. The Morgan fingerprint density at radius 3 is 2.29 bits per heavy atom. The number of piperidine rings is 2.